The van der Waals surface area contributed by atoms with E-state index < -0.39 is 0 Å². The third-order valence-corrected chi connectivity index (χ3v) is 4.53. The summed E-state index contributed by atoms with van der Waals surface area (Å²) in [5, 5.41) is 5.46. The van der Waals surface area contributed by atoms with Gasteiger partial charge < -0.3 is 5.32 Å². The van der Waals surface area contributed by atoms with Crippen LogP contribution in [0.1, 0.15) is 29.8 Å². The minimum Gasteiger partial charge on any atom is -0.305 e. The van der Waals surface area contributed by atoms with Crippen LogP contribution in [0.2, 0.25) is 0 Å². The topological polar surface area (TPSA) is 12.0 Å². The Morgan fingerprint density at radius 3 is 2.78 bits per heavy atom. The number of nitrogens with one attached hydrogen (secondary N) is 1. The van der Waals surface area contributed by atoms with Crippen LogP contribution in [0.5, 0.6) is 0 Å². The van der Waals surface area contributed by atoms with E-state index in [0.29, 0.717) is 0 Å². The zero-order valence-electron chi connectivity index (χ0n) is 10.1. The van der Waals surface area contributed by atoms with E-state index in [-0.39, 0.29) is 11.9 Å². The predicted octanol–water partition coefficient (Wildman–Crippen LogP) is 4.89. The molecule has 18 heavy (non-hydrogen) atoms. The van der Waals surface area contributed by atoms with E-state index in [0.717, 1.165) is 23.0 Å². The van der Waals surface area contributed by atoms with E-state index in [1.807, 2.05) is 12.1 Å². The van der Waals surface area contributed by atoms with E-state index in [4.69, 9.17) is 0 Å². The lowest BCUT2D eigenvalue weighted by atomic mass is 10.0. The summed E-state index contributed by atoms with van der Waals surface area (Å²) >= 11 is 5.13. The maximum atomic E-state index is 13.7. The molecular weight excluding hydrogens is 313 g/mol. The molecule has 1 N–H and O–H groups in total. The van der Waals surface area contributed by atoms with Crippen LogP contribution in [0, 0.1) is 5.82 Å². The minimum absolute atomic E-state index is 0.0621. The molecule has 0 aliphatic heterocycles. The van der Waals surface area contributed by atoms with Gasteiger partial charge in [0, 0.05) is 32.9 Å². The molecule has 0 aliphatic rings. The first-order valence-corrected chi connectivity index (χ1v) is 7.58. The largest absolute Gasteiger partial charge is 0.305 e. The molecule has 0 amide bonds. The second-order valence-corrected chi connectivity index (χ2v) is 6.01. The highest BCUT2D eigenvalue weighted by Crippen LogP contribution is 2.23. The van der Waals surface area contributed by atoms with Crippen molar-refractivity contribution in [3.63, 3.8) is 0 Å². The molecule has 1 aromatic heterocycles. The van der Waals surface area contributed by atoms with Crippen LogP contribution in [-0.4, -0.2) is 0 Å². The highest BCUT2D eigenvalue weighted by Gasteiger charge is 2.13. The molecule has 2 aromatic rings. The van der Waals surface area contributed by atoms with Crippen molar-refractivity contribution in [3.05, 3.63) is 56.4 Å². The van der Waals surface area contributed by atoms with Gasteiger partial charge in [0.2, 0.25) is 0 Å². The summed E-state index contributed by atoms with van der Waals surface area (Å²) in [4.78, 5) is 1.25. The van der Waals surface area contributed by atoms with E-state index in [9.17, 15) is 4.39 Å². The maximum Gasteiger partial charge on any atom is 0.127 e. The predicted molar refractivity (Wildman–Crippen MR) is 78.3 cm³/mol. The molecule has 0 spiro atoms. The molecule has 0 saturated carbocycles. The molecule has 2 rings (SSSR count). The van der Waals surface area contributed by atoms with Crippen molar-refractivity contribution >= 4 is 27.3 Å². The summed E-state index contributed by atoms with van der Waals surface area (Å²) in [6.45, 7) is 2.83. The Labute approximate surface area is 119 Å². The summed E-state index contributed by atoms with van der Waals surface area (Å²) in [7, 11) is 0. The number of hydrogen-bond donors (Lipinski definition) is 1. The van der Waals surface area contributed by atoms with Crippen LogP contribution in [0.15, 0.2) is 40.2 Å². The van der Waals surface area contributed by atoms with Crippen molar-refractivity contribution in [3.8, 4) is 0 Å². The summed E-state index contributed by atoms with van der Waals surface area (Å²) in [5.41, 5.74) is 0.746. The molecule has 4 heteroatoms. The highest BCUT2D eigenvalue weighted by atomic mass is 79.9. The molecule has 0 bridgehead atoms. The van der Waals surface area contributed by atoms with Gasteiger partial charge in [0.15, 0.2) is 0 Å². The average molecular weight is 328 g/mol. The van der Waals surface area contributed by atoms with Gasteiger partial charge in [-0.3, -0.25) is 0 Å². The smallest absolute Gasteiger partial charge is 0.127 e. The fourth-order valence-electron chi connectivity index (χ4n) is 1.90. The molecule has 96 valence electrons. The number of rotatable bonds is 5. The van der Waals surface area contributed by atoms with Crippen molar-refractivity contribution in [1.29, 1.82) is 0 Å². The molecule has 1 atom stereocenters. The Morgan fingerprint density at radius 1 is 1.39 bits per heavy atom. The molecular formula is C14H15BrFNS. The molecule has 0 saturated heterocycles. The Hall–Kier alpha value is -0.710. The lowest BCUT2D eigenvalue weighted by Crippen LogP contribution is -2.20. The summed E-state index contributed by atoms with van der Waals surface area (Å²) in [6, 6.07) is 9.12. The van der Waals surface area contributed by atoms with Crippen molar-refractivity contribution in [2.45, 2.75) is 25.9 Å². The second-order valence-electron chi connectivity index (χ2n) is 4.09. The van der Waals surface area contributed by atoms with Crippen LogP contribution < -0.4 is 5.32 Å². The first-order chi connectivity index (χ1) is 8.70. The van der Waals surface area contributed by atoms with Gasteiger partial charge in [-0.1, -0.05) is 25.1 Å². The Morgan fingerprint density at radius 2 is 2.17 bits per heavy atom. The van der Waals surface area contributed by atoms with Gasteiger partial charge in [0.05, 0.1) is 0 Å². The van der Waals surface area contributed by atoms with E-state index >= 15 is 0 Å². The first kappa shape index (κ1) is 13.7. The molecule has 1 aromatic carbocycles. The van der Waals surface area contributed by atoms with Crippen LogP contribution in [-0.2, 0) is 6.54 Å². The number of hydrogen-bond acceptors (Lipinski definition) is 2. The SMILES string of the molecule is CCC(NCc1cc(Br)cs1)c1ccccc1F. The van der Waals surface area contributed by atoms with Gasteiger partial charge in [-0.05, 0) is 34.5 Å². The summed E-state index contributed by atoms with van der Waals surface area (Å²) in [6.07, 6.45) is 0.869. The summed E-state index contributed by atoms with van der Waals surface area (Å²) in [5.74, 6) is -0.135. The van der Waals surface area contributed by atoms with Gasteiger partial charge in [0.1, 0.15) is 5.82 Å². The molecule has 0 aliphatic carbocycles. The van der Waals surface area contributed by atoms with Gasteiger partial charge >= 0.3 is 0 Å². The van der Waals surface area contributed by atoms with Crippen LogP contribution >= 0.6 is 27.3 Å². The fourth-order valence-corrected chi connectivity index (χ4v) is 3.30. The third kappa shape index (κ3) is 3.40. The van der Waals surface area contributed by atoms with Crippen LogP contribution in [0.25, 0.3) is 0 Å². The van der Waals surface area contributed by atoms with Crippen molar-refractivity contribution < 1.29 is 4.39 Å². The zero-order valence-corrected chi connectivity index (χ0v) is 12.5. The van der Waals surface area contributed by atoms with Gasteiger partial charge in [-0.2, -0.15) is 0 Å². The standard InChI is InChI=1S/C14H15BrFNS/c1-2-14(12-5-3-4-6-13(12)16)17-8-11-7-10(15)9-18-11/h3-7,9,14,17H,2,8H2,1H3. The number of thiophene rings is 1. The van der Waals surface area contributed by atoms with E-state index in [1.54, 1.807) is 17.4 Å². The average Bonchev–Trinajstić information content (AvgIpc) is 2.78. The van der Waals surface area contributed by atoms with Crippen molar-refractivity contribution in [1.82, 2.24) is 5.32 Å². The summed E-state index contributed by atoms with van der Waals surface area (Å²) < 4.78 is 14.8. The Kier molecular flexibility index (Phi) is 4.92. The van der Waals surface area contributed by atoms with Crippen LogP contribution in [0.4, 0.5) is 4.39 Å². The normalized spacial score (nSPS) is 12.6. The zero-order chi connectivity index (χ0) is 13.0. The van der Waals surface area contributed by atoms with Gasteiger partial charge in [-0.25, -0.2) is 4.39 Å². The second kappa shape index (κ2) is 6.45. The minimum atomic E-state index is -0.135. The fraction of sp³-hybridized carbons (Fsp3) is 0.286. The molecule has 1 heterocycles. The monoisotopic (exact) mass is 327 g/mol. The van der Waals surface area contributed by atoms with Crippen molar-refractivity contribution in [2.75, 3.05) is 0 Å². The molecule has 0 radical (unpaired) electrons. The van der Waals surface area contributed by atoms with E-state index in [1.165, 1.54) is 10.9 Å². The van der Waals surface area contributed by atoms with Crippen LogP contribution in [0.3, 0.4) is 0 Å². The lowest BCUT2D eigenvalue weighted by Gasteiger charge is -2.17. The number of benzene rings is 1. The van der Waals surface area contributed by atoms with E-state index in [2.05, 4.69) is 39.6 Å². The quantitative estimate of drug-likeness (QED) is 0.824. The molecule has 1 unspecified atom stereocenters. The third-order valence-electron chi connectivity index (χ3n) is 2.83. The number of halogens is 2. The Balaban J connectivity index is 2.04. The lowest BCUT2D eigenvalue weighted by molar-refractivity contribution is 0.490. The highest BCUT2D eigenvalue weighted by molar-refractivity contribution is 9.10. The van der Waals surface area contributed by atoms with Crippen molar-refractivity contribution in [2.24, 2.45) is 0 Å². The van der Waals surface area contributed by atoms with Gasteiger partial charge in [-0.15, -0.1) is 11.3 Å². The van der Waals surface area contributed by atoms with Gasteiger partial charge in [0.25, 0.3) is 0 Å². The molecule has 1 nitrogen and oxygen atoms in total. The Bertz CT molecular complexity index is 512. The molecule has 0 fully saturated rings. The first-order valence-electron chi connectivity index (χ1n) is 5.91. The maximum absolute atomic E-state index is 13.7.